The highest BCUT2D eigenvalue weighted by Gasteiger charge is 2.42. The van der Waals surface area contributed by atoms with Crippen molar-refractivity contribution in [3.8, 4) is 6.07 Å². The van der Waals surface area contributed by atoms with Crippen LogP contribution in [0, 0.1) is 17.2 Å². The fourth-order valence-corrected chi connectivity index (χ4v) is 5.16. The van der Waals surface area contributed by atoms with Gasteiger partial charge in [0.05, 0.1) is 23.3 Å². The van der Waals surface area contributed by atoms with E-state index in [1.165, 1.54) is 16.5 Å². The average molecular weight is 415 g/mol. The van der Waals surface area contributed by atoms with Gasteiger partial charge in [0.25, 0.3) is 0 Å². The molecule has 2 aliphatic rings. The third-order valence-electron chi connectivity index (χ3n) is 6.72. The molecule has 0 N–H and O–H groups in total. The number of nitriles is 1. The summed E-state index contributed by atoms with van der Waals surface area (Å²) >= 11 is 0. The molecule has 7 heteroatoms. The summed E-state index contributed by atoms with van der Waals surface area (Å²) in [7, 11) is 1.98. The number of benzene rings is 1. The van der Waals surface area contributed by atoms with Crippen LogP contribution in [0.3, 0.4) is 0 Å². The normalized spacial score (nSPS) is 20.8. The molecule has 31 heavy (non-hydrogen) atoms. The van der Waals surface area contributed by atoms with E-state index in [1.54, 1.807) is 12.3 Å². The number of aryl methyl sites for hydroxylation is 2. The van der Waals surface area contributed by atoms with Crippen LogP contribution in [0.1, 0.15) is 30.4 Å². The summed E-state index contributed by atoms with van der Waals surface area (Å²) in [6.07, 6.45) is 7.34. The molecular formula is C24H26N6O. The van der Waals surface area contributed by atoms with E-state index in [0.717, 1.165) is 51.1 Å². The molecule has 0 spiro atoms. The predicted molar refractivity (Wildman–Crippen MR) is 118 cm³/mol. The zero-order valence-corrected chi connectivity index (χ0v) is 17.7. The Morgan fingerprint density at radius 2 is 2.10 bits per heavy atom. The van der Waals surface area contributed by atoms with Crippen LogP contribution in [-0.2, 0) is 18.3 Å². The molecule has 2 atom stereocenters. The predicted octanol–water partition coefficient (Wildman–Crippen LogP) is 2.90. The van der Waals surface area contributed by atoms with Gasteiger partial charge in [0, 0.05) is 44.2 Å². The summed E-state index contributed by atoms with van der Waals surface area (Å²) in [4.78, 5) is 21.7. The van der Waals surface area contributed by atoms with E-state index >= 15 is 0 Å². The summed E-state index contributed by atoms with van der Waals surface area (Å²) in [6.45, 7) is 2.35. The number of amides is 1. The Balaban J connectivity index is 1.20. The third-order valence-corrected chi connectivity index (χ3v) is 6.72. The van der Waals surface area contributed by atoms with Crippen molar-refractivity contribution in [3.05, 3.63) is 53.9 Å². The Labute approximate surface area is 181 Å². The van der Waals surface area contributed by atoms with Gasteiger partial charge in [0.15, 0.2) is 0 Å². The molecule has 1 aromatic carbocycles. The number of hydrogen-bond donors (Lipinski definition) is 0. The van der Waals surface area contributed by atoms with Crippen molar-refractivity contribution >= 4 is 22.6 Å². The maximum absolute atomic E-state index is 13.0. The minimum Gasteiger partial charge on any atom is -0.353 e. The number of hydrogen-bond acceptors (Lipinski definition) is 5. The minimum absolute atomic E-state index is 0.115. The van der Waals surface area contributed by atoms with Gasteiger partial charge in [-0.05, 0) is 43.4 Å². The van der Waals surface area contributed by atoms with Crippen LogP contribution in [0.4, 0.5) is 5.82 Å². The van der Waals surface area contributed by atoms with Crippen LogP contribution in [-0.4, -0.2) is 51.2 Å². The molecule has 5 rings (SSSR count). The van der Waals surface area contributed by atoms with Gasteiger partial charge in [-0.15, -0.1) is 0 Å². The summed E-state index contributed by atoms with van der Waals surface area (Å²) in [5, 5.41) is 14.5. The fourth-order valence-electron chi connectivity index (χ4n) is 5.16. The second kappa shape index (κ2) is 8.03. The average Bonchev–Trinajstić information content (AvgIpc) is 3.34. The van der Waals surface area contributed by atoms with E-state index in [9.17, 15) is 4.79 Å². The summed E-state index contributed by atoms with van der Waals surface area (Å²) in [5.74, 6) is 1.32. The number of rotatable bonds is 5. The molecule has 3 aromatic rings. The molecule has 0 aliphatic carbocycles. The van der Waals surface area contributed by atoms with Gasteiger partial charge in [-0.2, -0.15) is 10.4 Å². The first kappa shape index (κ1) is 19.6. The number of para-hydroxylation sites is 1. The lowest BCUT2D eigenvalue weighted by Crippen LogP contribution is -2.51. The second-order valence-electron chi connectivity index (χ2n) is 8.60. The topological polar surface area (TPSA) is 78.1 Å². The van der Waals surface area contributed by atoms with E-state index in [1.807, 2.05) is 24.0 Å². The van der Waals surface area contributed by atoms with Crippen LogP contribution in [0.5, 0.6) is 0 Å². The minimum atomic E-state index is 0.115. The van der Waals surface area contributed by atoms with E-state index in [4.69, 9.17) is 5.26 Å². The quantitative estimate of drug-likeness (QED) is 0.642. The van der Waals surface area contributed by atoms with Crippen LogP contribution in [0.15, 0.2) is 42.7 Å². The summed E-state index contributed by atoms with van der Waals surface area (Å²) in [5.41, 5.74) is 3.07. The Morgan fingerprint density at radius 1 is 1.19 bits per heavy atom. The molecule has 1 amide bonds. The third kappa shape index (κ3) is 3.63. The van der Waals surface area contributed by atoms with Gasteiger partial charge in [-0.1, -0.05) is 18.2 Å². The Kier molecular flexibility index (Phi) is 5.06. The molecule has 2 saturated heterocycles. The highest BCUT2D eigenvalue weighted by Crippen LogP contribution is 2.32. The monoisotopic (exact) mass is 414 g/mol. The molecule has 0 unspecified atom stereocenters. The first-order valence-electron chi connectivity index (χ1n) is 10.9. The van der Waals surface area contributed by atoms with Gasteiger partial charge in [0.1, 0.15) is 11.9 Å². The maximum Gasteiger partial charge on any atom is 0.226 e. The van der Waals surface area contributed by atoms with Gasteiger partial charge >= 0.3 is 0 Å². The van der Waals surface area contributed by atoms with Gasteiger partial charge in [0.2, 0.25) is 5.91 Å². The number of carbonyl (C=O) groups is 1. The highest BCUT2D eigenvalue weighted by atomic mass is 16.2. The van der Waals surface area contributed by atoms with Crippen molar-refractivity contribution in [1.82, 2.24) is 19.7 Å². The van der Waals surface area contributed by atoms with Crippen molar-refractivity contribution in [1.29, 1.82) is 5.26 Å². The summed E-state index contributed by atoms with van der Waals surface area (Å²) in [6, 6.07) is 12.4. The number of fused-ring (bicyclic) bond motifs is 2. The molecule has 7 nitrogen and oxygen atoms in total. The zero-order chi connectivity index (χ0) is 21.4. The van der Waals surface area contributed by atoms with Crippen molar-refractivity contribution in [2.24, 2.45) is 13.0 Å². The number of carbonyl (C=O) groups excluding carboxylic acids is 1. The number of aromatic nitrogens is 3. The highest BCUT2D eigenvalue weighted by molar-refractivity contribution is 5.82. The lowest BCUT2D eigenvalue weighted by molar-refractivity contribution is -0.132. The van der Waals surface area contributed by atoms with Gasteiger partial charge < -0.3 is 9.80 Å². The molecule has 4 heterocycles. The first-order valence-corrected chi connectivity index (χ1v) is 10.9. The summed E-state index contributed by atoms with van der Waals surface area (Å²) < 4.78 is 1.94. The zero-order valence-electron chi connectivity index (χ0n) is 17.7. The van der Waals surface area contributed by atoms with E-state index < -0.39 is 0 Å². The van der Waals surface area contributed by atoms with Gasteiger partial charge in [-0.25, -0.2) is 4.98 Å². The molecule has 0 bridgehead atoms. The lowest BCUT2D eigenvalue weighted by atomic mass is 9.96. The van der Waals surface area contributed by atoms with Crippen LogP contribution < -0.4 is 4.90 Å². The SMILES string of the molecule is Cn1ncc2cccc(CCC[C@H]3C[C@H]4CN(c5ccc(C#N)cn5)CCN4C3=O)c21. The first-order chi connectivity index (χ1) is 15.1. The molecule has 2 aromatic heterocycles. The number of nitrogens with zero attached hydrogens (tertiary/aromatic N) is 6. The van der Waals surface area contributed by atoms with Gasteiger partial charge in [-0.3, -0.25) is 9.48 Å². The number of anilines is 1. The molecular weight excluding hydrogens is 388 g/mol. The Hall–Kier alpha value is -3.40. The van der Waals surface area contributed by atoms with Crippen molar-refractivity contribution < 1.29 is 4.79 Å². The Bertz CT molecular complexity index is 1150. The van der Waals surface area contributed by atoms with Crippen molar-refractivity contribution in [2.45, 2.75) is 31.7 Å². The van der Waals surface area contributed by atoms with Crippen LogP contribution in [0.2, 0.25) is 0 Å². The lowest BCUT2D eigenvalue weighted by Gasteiger charge is -2.38. The molecule has 0 saturated carbocycles. The molecule has 0 radical (unpaired) electrons. The second-order valence-corrected chi connectivity index (χ2v) is 8.60. The molecule has 158 valence electrons. The van der Waals surface area contributed by atoms with Crippen molar-refractivity contribution in [2.75, 3.05) is 24.5 Å². The Morgan fingerprint density at radius 3 is 2.90 bits per heavy atom. The number of pyridine rings is 1. The van der Waals surface area contributed by atoms with Crippen LogP contribution in [0.25, 0.3) is 10.9 Å². The standard InChI is InChI=1S/C24H26N6O/c1-28-23-18(5-3-7-20(23)15-27-28)4-2-6-19-12-21-16-29(10-11-30(21)24(19)31)22-9-8-17(13-25)14-26-22/h3,5,7-9,14-15,19,21H,2,4,6,10-12,16H2,1H3/t19-,21-/m0/s1. The van der Waals surface area contributed by atoms with Crippen molar-refractivity contribution in [3.63, 3.8) is 0 Å². The van der Waals surface area contributed by atoms with E-state index in [0.29, 0.717) is 11.5 Å². The number of piperazine rings is 1. The fraction of sp³-hybridized carbons (Fsp3) is 0.417. The van der Waals surface area contributed by atoms with E-state index in [-0.39, 0.29) is 12.0 Å². The molecule has 2 aliphatic heterocycles. The maximum atomic E-state index is 13.0. The smallest absolute Gasteiger partial charge is 0.226 e. The largest absolute Gasteiger partial charge is 0.353 e. The van der Waals surface area contributed by atoms with E-state index in [2.05, 4.69) is 44.2 Å². The molecule has 2 fully saturated rings. The van der Waals surface area contributed by atoms with Crippen LogP contribution >= 0.6 is 0 Å².